The fraction of sp³-hybridized carbons (Fsp3) is 0.333. The standard InChI is InChI=1S/C9H9F3N2O4S/c10-9(11,12)19(17,18)5-3-13-8(15)7-2-1-4-14(16)6-7/h1-2,4,6H,3,5H2,(H,13,15). The number of nitrogens with one attached hydrogen (secondary N) is 1. The number of nitrogens with zero attached hydrogens (tertiary/aromatic N) is 1. The van der Waals surface area contributed by atoms with E-state index in [1.54, 1.807) is 0 Å². The summed E-state index contributed by atoms with van der Waals surface area (Å²) in [6, 6.07) is 2.54. The first-order valence-electron chi connectivity index (χ1n) is 4.89. The van der Waals surface area contributed by atoms with Crippen LogP contribution in [-0.2, 0) is 9.84 Å². The lowest BCUT2D eigenvalue weighted by molar-refractivity contribution is -0.605. The second-order valence-corrected chi connectivity index (χ2v) is 5.57. The molecule has 0 bridgehead atoms. The molecule has 0 aliphatic carbocycles. The van der Waals surface area contributed by atoms with Crippen LogP contribution in [0.15, 0.2) is 24.5 Å². The van der Waals surface area contributed by atoms with Gasteiger partial charge in [0.05, 0.1) is 5.75 Å². The van der Waals surface area contributed by atoms with Gasteiger partial charge in [0.2, 0.25) is 9.84 Å². The molecule has 19 heavy (non-hydrogen) atoms. The van der Waals surface area contributed by atoms with E-state index in [1.165, 1.54) is 12.1 Å². The normalized spacial score (nSPS) is 12.2. The van der Waals surface area contributed by atoms with Crippen LogP contribution in [0.5, 0.6) is 0 Å². The molecule has 0 aliphatic rings. The van der Waals surface area contributed by atoms with Crippen molar-refractivity contribution in [3.63, 3.8) is 0 Å². The van der Waals surface area contributed by atoms with Crippen LogP contribution in [-0.4, -0.2) is 32.1 Å². The van der Waals surface area contributed by atoms with Crippen molar-refractivity contribution in [3.05, 3.63) is 35.3 Å². The largest absolute Gasteiger partial charge is 0.619 e. The fourth-order valence-corrected chi connectivity index (χ4v) is 1.71. The minimum absolute atomic E-state index is 0.0816. The van der Waals surface area contributed by atoms with E-state index in [4.69, 9.17) is 0 Å². The summed E-state index contributed by atoms with van der Waals surface area (Å²) in [5.41, 5.74) is -5.43. The molecule has 1 N–H and O–H groups in total. The molecule has 1 aromatic heterocycles. The Labute approximate surface area is 106 Å². The van der Waals surface area contributed by atoms with Gasteiger partial charge in [0.15, 0.2) is 12.4 Å². The number of alkyl halides is 3. The molecule has 0 radical (unpaired) electrons. The number of pyridine rings is 1. The third kappa shape index (κ3) is 4.09. The second kappa shape index (κ2) is 5.43. The first kappa shape index (κ1) is 15.2. The highest BCUT2D eigenvalue weighted by Crippen LogP contribution is 2.23. The summed E-state index contributed by atoms with van der Waals surface area (Å²) in [5.74, 6) is -2.09. The quantitative estimate of drug-likeness (QED) is 0.625. The molecule has 0 aliphatic heterocycles. The van der Waals surface area contributed by atoms with Gasteiger partial charge in [-0.2, -0.15) is 17.9 Å². The number of hydrogen-bond donors (Lipinski definition) is 1. The van der Waals surface area contributed by atoms with Gasteiger partial charge in [-0.05, 0) is 6.07 Å². The molecule has 0 unspecified atom stereocenters. The fourth-order valence-electron chi connectivity index (χ4n) is 1.11. The van der Waals surface area contributed by atoms with Crippen molar-refractivity contribution < 1.29 is 31.1 Å². The van der Waals surface area contributed by atoms with Gasteiger partial charge in [-0.3, -0.25) is 4.79 Å². The summed E-state index contributed by atoms with van der Waals surface area (Å²) in [7, 11) is -5.27. The van der Waals surface area contributed by atoms with Crippen molar-refractivity contribution in [3.8, 4) is 0 Å². The summed E-state index contributed by atoms with van der Waals surface area (Å²) in [6.45, 7) is -0.700. The molecule has 1 aromatic rings. The van der Waals surface area contributed by atoms with Crippen LogP contribution in [0.25, 0.3) is 0 Å². The Morgan fingerprint density at radius 3 is 2.58 bits per heavy atom. The number of carbonyl (C=O) groups is 1. The molecule has 106 valence electrons. The zero-order chi connectivity index (χ0) is 14.7. The number of sulfone groups is 1. The SMILES string of the molecule is O=C(NCCS(=O)(=O)C(F)(F)F)c1ccc[n+]([O-])c1. The molecule has 1 amide bonds. The van der Waals surface area contributed by atoms with E-state index in [0.29, 0.717) is 4.73 Å². The summed E-state index contributed by atoms with van der Waals surface area (Å²) in [6.07, 6.45) is 2.03. The third-order valence-corrected chi connectivity index (χ3v) is 3.49. The van der Waals surface area contributed by atoms with Gasteiger partial charge in [0.25, 0.3) is 5.91 Å². The highest BCUT2D eigenvalue weighted by Gasteiger charge is 2.44. The summed E-state index contributed by atoms with van der Waals surface area (Å²) < 4.78 is 57.7. The maximum Gasteiger partial charge on any atom is 0.497 e. The number of rotatable bonds is 4. The lowest BCUT2D eigenvalue weighted by Crippen LogP contribution is -2.35. The first-order chi connectivity index (χ1) is 8.63. The van der Waals surface area contributed by atoms with Crippen molar-refractivity contribution >= 4 is 15.7 Å². The van der Waals surface area contributed by atoms with Gasteiger partial charge in [0.1, 0.15) is 5.56 Å². The maximum absolute atomic E-state index is 12.0. The van der Waals surface area contributed by atoms with Crippen molar-refractivity contribution in [2.24, 2.45) is 0 Å². The average molecular weight is 298 g/mol. The van der Waals surface area contributed by atoms with E-state index >= 15 is 0 Å². The Morgan fingerprint density at radius 1 is 1.42 bits per heavy atom. The summed E-state index contributed by atoms with van der Waals surface area (Å²) in [4.78, 5) is 11.4. The zero-order valence-corrected chi connectivity index (χ0v) is 10.2. The molecule has 0 spiro atoms. The monoisotopic (exact) mass is 298 g/mol. The van der Waals surface area contributed by atoms with E-state index in [2.05, 4.69) is 0 Å². The minimum atomic E-state index is -5.34. The molecule has 0 aromatic carbocycles. The lowest BCUT2D eigenvalue weighted by Gasteiger charge is -2.08. The lowest BCUT2D eigenvalue weighted by atomic mass is 10.3. The molecule has 1 heterocycles. The van der Waals surface area contributed by atoms with Gasteiger partial charge in [-0.15, -0.1) is 0 Å². The number of halogens is 3. The van der Waals surface area contributed by atoms with Crippen LogP contribution in [0.4, 0.5) is 13.2 Å². The van der Waals surface area contributed by atoms with Crippen molar-refractivity contribution in [1.82, 2.24) is 5.32 Å². The third-order valence-electron chi connectivity index (χ3n) is 2.05. The highest BCUT2D eigenvalue weighted by atomic mass is 32.2. The van der Waals surface area contributed by atoms with Crippen LogP contribution in [0, 0.1) is 5.21 Å². The number of amides is 1. The van der Waals surface area contributed by atoms with Crippen LogP contribution in [0.2, 0.25) is 0 Å². The number of hydrogen-bond acceptors (Lipinski definition) is 4. The smallest absolute Gasteiger partial charge is 0.497 e. The molecule has 1 rings (SSSR count). The second-order valence-electron chi connectivity index (χ2n) is 3.47. The first-order valence-corrected chi connectivity index (χ1v) is 6.55. The van der Waals surface area contributed by atoms with Crippen LogP contribution in [0.3, 0.4) is 0 Å². The topological polar surface area (TPSA) is 90.2 Å². The van der Waals surface area contributed by atoms with Gasteiger partial charge in [-0.25, -0.2) is 8.42 Å². The predicted molar refractivity (Wildman–Crippen MR) is 57.6 cm³/mol. The van der Waals surface area contributed by atoms with Gasteiger partial charge < -0.3 is 10.5 Å². The molecule has 0 fully saturated rings. The van der Waals surface area contributed by atoms with Gasteiger partial charge >= 0.3 is 5.51 Å². The average Bonchev–Trinajstić information content (AvgIpc) is 2.27. The Bertz CT molecular complexity index is 571. The molecular weight excluding hydrogens is 289 g/mol. The highest BCUT2D eigenvalue weighted by molar-refractivity contribution is 7.92. The Morgan fingerprint density at radius 2 is 2.05 bits per heavy atom. The van der Waals surface area contributed by atoms with Crippen LogP contribution >= 0.6 is 0 Å². The molecule has 10 heteroatoms. The zero-order valence-electron chi connectivity index (χ0n) is 9.35. The van der Waals surface area contributed by atoms with Gasteiger partial charge in [0, 0.05) is 12.6 Å². The van der Waals surface area contributed by atoms with Crippen LogP contribution < -0.4 is 10.0 Å². The maximum atomic E-state index is 12.0. The van der Waals surface area contributed by atoms with E-state index in [1.807, 2.05) is 5.32 Å². The number of aromatic nitrogens is 1. The summed E-state index contributed by atoms with van der Waals surface area (Å²) >= 11 is 0. The Balaban J connectivity index is 2.58. The van der Waals surface area contributed by atoms with Gasteiger partial charge in [-0.1, -0.05) is 0 Å². The van der Waals surface area contributed by atoms with Crippen molar-refractivity contribution in [2.75, 3.05) is 12.3 Å². The minimum Gasteiger partial charge on any atom is -0.619 e. The molecule has 0 atom stereocenters. The number of carbonyl (C=O) groups excluding carboxylic acids is 1. The molecule has 0 saturated carbocycles. The van der Waals surface area contributed by atoms with Crippen molar-refractivity contribution in [2.45, 2.75) is 5.51 Å². The van der Waals surface area contributed by atoms with E-state index in [9.17, 15) is 31.6 Å². The predicted octanol–water partition coefficient (Wildman–Crippen LogP) is -0.0156. The molecular formula is C9H9F3N2O4S. The molecule has 6 nitrogen and oxygen atoms in total. The molecule has 0 saturated heterocycles. The van der Waals surface area contributed by atoms with Crippen molar-refractivity contribution in [1.29, 1.82) is 0 Å². The van der Waals surface area contributed by atoms with E-state index < -0.39 is 33.6 Å². The van der Waals surface area contributed by atoms with E-state index in [0.717, 1.165) is 12.4 Å². The Hall–Kier alpha value is -1.84. The Kier molecular flexibility index (Phi) is 4.35. The van der Waals surface area contributed by atoms with Crippen LogP contribution in [0.1, 0.15) is 10.4 Å². The summed E-state index contributed by atoms with van der Waals surface area (Å²) in [5, 5.41) is 12.8. The van der Waals surface area contributed by atoms with E-state index in [-0.39, 0.29) is 5.56 Å².